The van der Waals surface area contributed by atoms with Crippen LogP contribution in [-0.2, 0) is 11.2 Å². The third-order valence-electron chi connectivity index (χ3n) is 2.93. The maximum atomic E-state index is 11.1. The van der Waals surface area contributed by atoms with Crippen molar-refractivity contribution < 1.29 is 24.5 Å². The number of aromatic hydroxyl groups is 1. The van der Waals surface area contributed by atoms with Crippen LogP contribution in [0.5, 0.6) is 17.2 Å². The minimum absolute atomic E-state index is 0.0320. The first-order valence-corrected chi connectivity index (χ1v) is 7.25. The van der Waals surface area contributed by atoms with Crippen LogP contribution in [-0.4, -0.2) is 22.0 Å². The number of benzene rings is 2. The first kappa shape index (κ1) is 17.1. The van der Waals surface area contributed by atoms with Crippen LogP contribution in [0.25, 0.3) is 0 Å². The molecule has 0 aliphatic heterocycles. The number of hydrogen-bond acceptors (Lipinski definition) is 4. The number of carbonyl (C=O) groups excluding carboxylic acids is 1. The normalized spacial score (nSPS) is 10.4. The maximum absolute atomic E-state index is 11.1. The molecule has 5 nitrogen and oxygen atoms in total. The van der Waals surface area contributed by atoms with E-state index in [4.69, 9.17) is 33.0 Å². The van der Waals surface area contributed by atoms with Gasteiger partial charge in [-0.2, -0.15) is 0 Å². The molecule has 7 heteroatoms. The van der Waals surface area contributed by atoms with Crippen molar-refractivity contribution in [3.05, 3.63) is 51.5 Å². The van der Waals surface area contributed by atoms with Gasteiger partial charge in [0.25, 0.3) is 0 Å². The predicted molar refractivity (Wildman–Crippen MR) is 86.0 cm³/mol. The number of aromatic carboxylic acids is 1. The molecule has 0 aliphatic carbocycles. The second-order valence-corrected chi connectivity index (χ2v) is 5.67. The summed E-state index contributed by atoms with van der Waals surface area (Å²) in [5.41, 5.74) is 0.347. The number of ketones is 1. The summed E-state index contributed by atoms with van der Waals surface area (Å²) in [6, 6.07) is 6.86. The Labute approximate surface area is 142 Å². The van der Waals surface area contributed by atoms with Gasteiger partial charge in [-0.3, -0.25) is 4.79 Å². The lowest BCUT2D eigenvalue weighted by Crippen LogP contribution is -1.99. The molecule has 0 saturated heterocycles. The number of phenols is 1. The summed E-state index contributed by atoms with van der Waals surface area (Å²) >= 11 is 12.2. The Balaban J connectivity index is 2.35. The molecular formula is C16H12Cl2O5. The van der Waals surface area contributed by atoms with E-state index in [-0.39, 0.29) is 45.1 Å². The highest BCUT2D eigenvalue weighted by Crippen LogP contribution is 2.38. The topological polar surface area (TPSA) is 83.8 Å². The minimum Gasteiger partial charge on any atom is -0.507 e. The zero-order chi connectivity index (χ0) is 17.1. The van der Waals surface area contributed by atoms with Crippen molar-refractivity contribution in [2.45, 2.75) is 13.3 Å². The van der Waals surface area contributed by atoms with Crippen LogP contribution in [0.1, 0.15) is 22.8 Å². The van der Waals surface area contributed by atoms with E-state index in [9.17, 15) is 14.7 Å². The summed E-state index contributed by atoms with van der Waals surface area (Å²) in [6.45, 7) is 1.45. The smallest absolute Gasteiger partial charge is 0.339 e. The van der Waals surface area contributed by atoms with Crippen molar-refractivity contribution in [2.75, 3.05) is 0 Å². The number of halogens is 2. The molecule has 0 spiro atoms. The van der Waals surface area contributed by atoms with Crippen molar-refractivity contribution >= 4 is 35.0 Å². The number of carboxylic acid groups (broad SMARTS) is 1. The van der Waals surface area contributed by atoms with Gasteiger partial charge in [0.05, 0.1) is 10.0 Å². The van der Waals surface area contributed by atoms with E-state index in [1.165, 1.54) is 19.1 Å². The van der Waals surface area contributed by atoms with Gasteiger partial charge < -0.3 is 14.9 Å². The maximum Gasteiger partial charge on any atom is 0.339 e. The molecule has 2 aromatic carbocycles. The number of hydrogen-bond donors (Lipinski definition) is 2. The van der Waals surface area contributed by atoms with E-state index < -0.39 is 5.97 Å². The number of rotatable bonds is 5. The molecule has 2 aromatic rings. The summed E-state index contributed by atoms with van der Waals surface area (Å²) in [5.74, 6) is -1.40. The molecule has 0 saturated carbocycles. The van der Waals surface area contributed by atoms with Crippen LogP contribution in [0.4, 0.5) is 0 Å². The number of carbonyl (C=O) groups is 2. The van der Waals surface area contributed by atoms with Gasteiger partial charge >= 0.3 is 5.97 Å². The van der Waals surface area contributed by atoms with Crippen molar-refractivity contribution in [3.63, 3.8) is 0 Å². The van der Waals surface area contributed by atoms with Crippen LogP contribution in [0.3, 0.4) is 0 Å². The molecule has 0 radical (unpaired) electrons. The summed E-state index contributed by atoms with van der Waals surface area (Å²) in [4.78, 5) is 22.2. The monoisotopic (exact) mass is 354 g/mol. The SMILES string of the molecule is CC(=O)Cc1cc(Cl)c(Oc2ccc(O)c(C(=O)O)c2)c(Cl)c1. The highest BCUT2D eigenvalue weighted by molar-refractivity contribution is 6.37. The van der Waals surface area contributed by atoms with Crippen LogP contribution in [0, 0.1) is 0 Å². The third kappa shape index (κ3) is 4.15. The van der Waals surface area contributed by atoms with Gasteiger partial charge in [0.15, 0.2) is 5.75 Å². The van der Waals surface area contributed by atoms with E-state index in [1.807, 2.05) is 0 Å². The van der Waals surface area contributed by atoms with E-state index in [0.717, 1.165) is 6.07 Å². The van der Waals surface area contributed by atoms with Gasteiger partial charge in [-0.1, -0.05) is 23.2 Å². The van der Waals surface area contributed by atoms with Crippen LogP contribution >= 0.6 is 23.2 Å². The van der Waals surface area contributed by atoms with Crippen LogP contribution in [0.15, 0.2) is 30.3 Å². The van der Waals surface area contributed by atoms with Crippen molar-refractivity contribution in [1.29, 1.82) is 0 Å². The quantitative estimate of drug-likeness (QED) is 0.835. The Hall–Kier alpha value is -2.24. The number of ether oxygens (including phenoxy) is 1. The molecule has 2 N–H and O–H groups in total. The standard InChI is InChI=1S/C16H12Cl2O5/c1-8(19)4-9-5-12(17)15(13(18)6-9)23-10-2-3-14(20)11(7-10)16(21)22/h2-3,5-7,20H,4H2,1H3,(H,21,22). The minimum atomic E-state index is -1.29. The molecule has 0 amide bonds. The average Bonchev–Trinajstić information content (AvgIpc) is 2.43. The molecule has 0 aromatic heterocycles. The van der Waals surface area contributed by atoms with E-state index >= 15 is 0 Å². The molecule has 0 unspecified atom stereocenters. The van der Waals surface area contributed by atoms with Gasteiger partial charge in [-0.05, 0) is 42.8 Å². The van der Waals surface area contributed by atoms with Crippen molar-refractivity contribution in [3.8, 4) is 17.2 Å². The molecule has 0 bridgehead atoms. The summed E-state index contributed by atoms with van der Waals surface area (Å²) in [7, 11) is 0. The Morgan fingerprint density at radius 2 is 1.74 bits per heavy atom. The Morgan fingerprint density at radius 3 is 2.26 bits per heavy atom. The van der Waals surface area contributed by atoms with Gasteiger partial charge in [-0.25, -0.2) is 4.79 Å². The summed E-state index contributed by atoms with van der Waals surface area (Å²) in [6.07, 6.45) is 0.197. The molecular weight excluding hydrogens is 343 g/mol. The second-order valence-electron chi connectivity index (χ2n) is 4.85. The largest absolute Gasteiger partial charge is 0.507 e. The van der Waals surface area contributed by atoms with Gasteiger partial charge in [0.2, 0.25) is 0 Å². The molecule has 0 heterocycles. The van der Waals surface area contributed by atoms with Crippen molar-refractivity contribution in [1.82, 2.24) is 0 Å². The summed E-state index contributed by atoms with van der Waals surface area (Å²) in [5, 5.41) is 18.9. The zero-order valence-electron chi connectivity index (χ0n) is 12.0. The molecule has 0 aliphatic rings. The van der Waals surface area contributed by atoms with E-state index in [1.54, 1.807) is 12.1 Å². The highest BCUT2D eigenvalue weighted by Gasteiger charge is 2.15. The Kier molecular flexibility index (Phi) is 5.13. The molecule has 0 atom stereocenters. The van der Waals surface area contributed by atoms with Crippen LogP contribution in [0.2, 0.25) is 10.0 Å². The Morgan fingerprint density at radius 1 is 1.13 bits per heavy atom. The average molecular weight is 355 g/mol. The van der Waals surface area contributed by atoms with Crippen LogP contribution < -0.4 is 4.74 Å². The fourth-order valence-electron chi connectivity index (χ4n) is 1.97. The fourth-order valence-corrected chi connectivity index (χ4v) is 2.58. The Bertz CT molecular complexity index is 763. The lowest BCUT2D eigenvalue weighted by atomic mass is 10.1. The first-order chi connectivity index (χ1) is 10.8. The van der Waals surface area contributed by atoms with E-state index in [2.05, 4.69) is 0 Å². The lowest BCUT2D eigenvalue weighted by molar-refractivity contribution is -0.116. The molecule has 0 fully saturated rings. The van der Waals surface area contributed by atoms with Gasteiger partial charge in [0.1, 0.15) is 22.8 Å². The lowest BCUT2D eigenvalue weighted by Gasteiger charge is -2.12. The van der Waals surface area contributed by atoms with Gasteiger partial charge in [0, 0.05) is 6.42 Å². The predicted octanol–water partition coefficient (Wildman–Crippen LogP) is 4.32. The fraction of sp³-hybridized carbons (Fsp3) is 0.125. The van der Waals surface area contributed by atoms with E-state index in [0.29, 0.717) is 5.56 Å². The first-order valence-electron chi connectivity index (χ1n) is 6.49. The molecule has 2 rings (SSSR count). The van der Waals surface area contributed by atoms with Gasteiger partial charge in [-0.15, -0.1) is 0 Å². The number of Topliss-reactive ketones (excluding diaryl/α,β-unsaturated/α-hetero) is 1. The van der Waals surface area contributed by atoms with Crippen molar-refractivity contribution in [2.24, 2.45) is 0 Å². The zero-order valence-corrected chi connectivity index (χ0v) is 13.5. The molecule has 23 heavy (non-hydrogen) atoms. The number of carboxylic acids is 1. The second kappa shape index (κ2) is 6.89. The summed E-state index contributed by atoms with van der Waals surface area (Å²) < 4.78 is 5.52. The highest BCUT2D eigenvalue weighted by atomic mass is 35.5. The third-order valence-corrected chi connectivity index (χ3v) is 3.49. The molecule has 120 valence electrons.